The SMILES string of the molecule is N#Cc1c(Nc2cccnc2)[nH]c2ccccc12. The van der Waals surface area contributed by atoms with Crippen molar-refractivity contribution in [1.82, 2.24) is 9.97 Å². The first kappa shape index (κ1) is 10.4. The van der Waals surface area contributed by atoms with E-state index in [2.05, 4.69) is 21.4 Å². The maximum absolute atomic E-state index is 9.26. The minimum atomic E-state index is 0.620. The number of aromatic amines is 1. The van der Waals surface area contributed by atoms with E-state index >= 15 is 0 Å². The summed E-state index contributed by atoms with van der Waals surface area (Å²) < 4.78 is 0. The van der Waals surface area contributed by atoms with Crippen LogP contribution in [-0.2, 0) is 0 Å². The molecule has 0 amide bonds. The molecule has 0 aliphatic heterocycles. The Morgan fingerprint density at radius 2 is 2.06 bits per heavy atom. The highest BCUT2D eigenvalue weighted by Gasteiger charge is 2.10. The summed E-state index contributed by atoms with van der Waals surface area (Å²) in [4.78, 5) is 7.23. The highest BCUT2D eigenvalue weighted by atomic mass is 15.0. The topological polar surface area (TPSA) is 64.5 Å². The molecule has 0 radical (unpaired) electrons. The van der Waals surface area contributed by atoms with Gasteiger partial charge in [0.25, 0.3) is 0 Å². The van der Waals surface area contributed by atoms with Crippen LogP contribution < -0.4 is 5.32 Å². The number of hydrogen-bond acceptors (Lipinski definition) is 3. The number of para-hydroxylation sites is 1. The van der Waals surface area contributed by atoms with E-state index in [9.17, 15) is 5.26 Å². The van der Waals surface area contributed by atoms with Gasteiger partial charge in [0, 0.05) is 17.1 Å². The molecule has 4 heteroatoms. The fraction of sp³-hybridized carbons (Fsp3) is 0. The molecule has 2 aromatic heterocycles. The fourth-order valence-corrected chi connectivity index (χ4v) is 1.93. The van der Waals surface area contributed by atoms with Crippen molar-refractivity contribution in [3.63, 3.8) is 0 Å². The van der Waals surface area contributed by atoms with Gasteiger partial charge in [0.2, 0.25) is 0 Å². The lowest BCUT2D eigenvalue weighted by Crippen LogP contribution is -1.92. The van der Waals surface area contributed by atoms with Gasteiger partial charge in [-0.05, 0) is 18.2 Å². The molecule has 0 aliphatic rings. The van der Waals surface area contributed by atoms with E-state index in [4.69, 9.17) is 0 Å². The third-order valence-electron chi connectivity index (χ3n) is 2.75. The van der Waals surface area contributed by atoms with E-state index in [-0.39, 0.29) is 0 Å². The van der Waals surface area contributed by atoms with E-state index in [0.717, 1.165) is 16.6 Å². The van der Waals surface area contributed by atoms with Gasteiger partial charge in [-0.2, -0.15) is 5.26 Å². The van der Waals surface area contributed by atoms with Crippen molar-refractivity contribution >= 4 is 22.4 Å². The molecule has 4 nitrogen and oxygen atoms in total. The number of aromatic nitrogens is 2. The van der Waals surface area contributed by atoms with E-state index in [1.807, 2.05) is 36.4 Å². The molecule has 86 valence electrons. The third-order valence-corrected chi connectivity index (χ3v) is 2.75. The monoisotopic (exact) mass is 234 g/mol. The Bertz CT molecular complexity index is 722. The number of hydrogen-bond donors (Lipinski definition) is 2. The zero-order valence-corrected chi connectivity index (χ0v) is 9.51. The first-order valence-electron chi connectivity index (χ1n) is 5.56. The Kier molecular flexibility index (Phi) is 2.43. The number of nitrogens with one attached hydrogen (secondary N) is 2. The molecule has 3 rings (SSSR count). The molecule has 1 aromatic carbocycles. The number of anilines is 2. The summed E-state index contributed by atoms with van der Waals surface area (Å²) in [5.41, 5.74) is 2.41. The minimum Gasteiger partial charge on any atom is -0.340 e. The van der Waals surface area contributed by atoms with Gasteiger partial charge >= 0.3 is 0 Å². The van der Waals surface area contributed by atoms with Crippen LogP contribution in [0.3, 0.4) is 0 Å². The number of fused-ring (bicyclic) bond motifs is 1. The molecule has 2 N–H and O–H groups in total. The molecule has 0 unspecified atom stereocenters. The molecule has 18 heavy (non-hydrogen) atoms. The van der Waals surface area contributed by atoms with Crippen LogP contribution >= 0.6 is 0 Å². The Morgan fingerprint density at radius 1 is 1.17 bits per heavy atom. The van der Waals surface area contributed by atoms with Gasteiger partial charge in [-0.15, -0.1) is 0 Å². The average Bonchev–Trinajstić information content (AvgIpc) is 2.77. The largest absolute Gasteiger partial charge is 0.340 e. The van der Waals surface area contributed by atoms with Crippen molar-refractivity contribution < 1.29 is 0 Å². The molecule has 2 heterocycles. The summed E-state index contributed by atoms with van der Waals surface area (Å²) in [6, 6.07) is 13.7. The van der Waals surface area contributed by atoms with Crippen LogP contribution in [0.4, 0.5) is 11.5 Å². The van der Waals surface area contributed by atoms with Gasteiger partial charge in [-0.25, -0.2) is 0 Å². The zero-order chi connectivity index (χ0) is 12.4. The quantitative estimate of drug-likeness (QED) is 0.715. The predicted octanol–water partition coefficient (Wildman–Crippen LogP) is 3.18. The summed E-state index contributed by atoms with van der Waals surface area (Å²) in [7, 11) is 0. The number of nitriles is 1. The summed E-state index contributed by atoms with van der Waals surface area (Å²) in [5, 5.41) is 13.4. The highest BCUT2D eigenvalue weighted by molar-refractivity contribution is 5.92. The maximum atomic E-state index is 9.26. The zero-order valence-electron chi connectivity index (χ0n) is 9.51. The lowest BCUT2D eigenvalue weighted by atomic mass is 10.2. The van der Waals surface area contributed by atoms with E-state index in [1.165, 1.54) is 0 Å². The Labute approximate surface area is 104 Å². The van der Waals surface area contributed by atoms with E-state index < -0.39 is 0 Å². The van der Waals surface area contributed by atoms with Crippen molar-refractivity contribution in [3.05, 3.63) is 54.4 Å². The van der Waals surface area contributed by atoms with Gasteiger partial charge in [0.1, 0.15) is 17.5 Å². The van der Waals surface area contributed by atoms with Crippen molar-refractivity contribution in [2.75, 3.05) is 5.32 Å². The lowest BCUT2D eigenvalue weighted by molar-refractivity contribution is 1.31. The van der Waals surface area contributed by atoms with Crippen molar-refractivity contribution in [3.8, 4) is 6.07 Å². The third kappa shape index (κ3) is 1.68. The number of H-pyrrole nitrogens is 1. The molecular weight excluding hydrogens is 224 g/mol. The smallest absolute Gasteiger partial charge is 0.127 e. The maximum Gasteiger partial charge on any atom is 0.127 e. The predicted molar refractivity (Wildman–Crippen MR) is 70.5 cm³/mol. The van der Waals surface area contributed by atoms with Gasteiger partial charge in [0.05, 0.1) is 11.9 Å². The highest BCUT2D eigenvalue weighted by Crippen LogP contribution is 2.27. The van der Waals surface area contributed by atoms with Crippen molar-refractivity contribution in [2.24, 2.45) is 0 Å². The van der Waals surface area contributed by atoms with Gasteiger partial charge in [-0.1, -0.05) is 18.2 Å². The molecule has 3 aromatic rings. The molecule has 0 aliphatic carbocycles. The summed E-state index contributed by atoms with van der Waals surface area (Å²) in [6.07, 6.45) is 3.42. The normalized spacial score (nSPS) is 10.2. The van der Waals surface area contributed by atoms with Crippen LogP contribution in [0.25, 0.3) is 10.9 Å². The lowest BCUT2D eigenvalue weighted by Gasteiger charge is -2.02. The summed E-state index contributed by atoms with van der Waals surface area (Å²) >= 11 is 0. The van der Waals surface area contributed by atoms with Crippen LogP contribution in [0.2, 0.25) is 0 Å². The fourth-order valence-electron chi connectivity index (χ4n) is 1.93. The second-order valence-corrected chi connectivity index (χ2v) is 3.90. The van der Waals surface area contributed by atoms with Crippen LogP contribution in [0.5, 0.6) is 0 Å². The molecule has 0 bridgehead atoms. The van der Waals surface area contributed by atoms with Gasteiger partial charge in [-0.3, -0.25) is 4.98 Å². The van der Waals surface area contributed by atoms with Crippen LogP contribution in [0, 0.1) is 11.3 Å². The van der Waals surface area contributed by atoms with E-state index in [0.29, 0.717) is 11.4 Å². The van der Waals surface area contributed by atoms with Crippen LogP contribution in [0.1, 0.15) is 5.56 Å². The standard InChI is InChI=1S/C14H10N4/c15-8-12-11-5-1-2-6-13(11)18-14(12)17-10-4-3-7-16-9-10/h1-7,9,17-18H. The minimum absolute atomic E-state index is 0.620. The number of nitrogens with zero attached hydrogens (tertiary/aromatic N) is 2. The van der Waals surface area contributed by atoms with Gasteiger partial charge < -0.3 is 10.3 Å². The number of rotatable bonds is 2. The molecule has 0 fully saturated rings. The number of pyridine rings is 1. The first-order valence-corrected chi connectivity index (χ1v) is 5.56. The van der Waals surface area contributed by atoms with Crippen molar-refractivity contribution in [1.29, 1.82) is 5.26 Å². The van der Waals surface area contributed by atoms with E-state index in [1.54, 1.807) is 12.4 Å². The van der Waals surface area contributed by atoms with Crippen LogP contribution in [-0.4, -0.2) is 9.97 Å². The molecular formula is C14H10N4. The Balaban J connectivity index is 2.10. The average molecular weight is 234 g/mol. The second-order valence-electron chi connectivity index (χ2n) is 3.90. The van der Waals surface area contributed by atoms with Crippen molar-refractivity contribution in [2.45, 2.75) is 0 Å². The molecule has 0 atom stereocenters. The molecule has 0 spiro atoms. The summed E-state index contributed by atoms with van der Waals surface area (Å²) in [5.74, 6) is 0.701. The Hall–Kier alpha value is -2.80. The number of benzene rings is 1. The Morgan fingerprint density at radius 3 is 2.83 bits per heavy atom. The van der Waals surface area contributed by atoms with Crippen LogP contribution in [0.15, 0.2) is 48.8 Å². The summed E-state index contributed by atoms with van der Waals surface area (Å²) in [6.45, 7) is 0. The molecule has 0 saturated heterocycles. The van der Waals surface area contributed by atoms with Gasteiger partial charge in [0.15, 0.2) is 0 Å². The molecule has 0 saturated carbocycles. The second kappa shape index (κ2) is 4.22. The first-order chi connectivity index (χ1) is 8.88.